The van der Waals surface area contributed by atoms with E-state index in [4.69, 9.17) is 0 Å². The van der Waals surface area contributed by atoms with Crippen LogP contribution in [0.3, 0.4) is 0 Å². The Morgan fingerprint density at radius 2 is 1.80 bits per heavy atom. The van der Waals surface area contributed by atoms with E-state index < -0.39 is 15.9 Å². The molecule has 1 aliphatic rings. The van der Waals surface area contributed by atoms with Crippen LogP contribution in [-0.2, 0) is 10.0 Å². The number of hydrogen-bond acceptors (Lipinski definition) is 6. The highest BCUT2D eigenvalue weighted by Gasteiger charge is 2.40. The maximum atomic E-state index is 12.3. The molecule has 3 rings (SSSR count). The van der Waals surface area contributed by atoms with E-state index in [1.807, 2.05) is 0 Å². The Bertz CT molecular complexity index is 763. The van der Waals surface area contributed by atoms with Crippen LogP contribution in [0.5, 0.6) is 0 Å². The van der Waals surface area contributed by atoms with Gasteiger partial charge in [0, 0.05) is 12.4 Å². The van der Waals surface area contributed by atoms with Crippen molar-refractivity contribution in [2.75, 3.05) is 5.88 Å². The Morgan fingerprint density at radius 3 is 2.50 bits per heavy atom. The molecule has 102 valence electrons. The molecule has 0 aliphatic carbocycles. The van der Waals surface area contributed by atoms with Crippen molar-refractivity contribution in [3.05, 3.63) is 48.3 Å². The number of carbonyl (C=O) groups is 1. The van der Waals surface area contributed by atoms with Crippen molar-refractivity contribution in [1.82, 2.24) is 14.3 Å². The summed E-state index contributed by atoms with van der Waals surface area (Å²) in [6, 6.07) is 7.85. The molecule has 0 bridgehead atoms. The quantitative estimate of drug-likeness (QED) is 0.629. The van der Waals surface area contributed by atoms with Crippen LogP contribution in [0.15, 0.2) is 52.8 Å². The lowest BCUT2D eigenvalue weighted by Crippen LogP contribution is -2.29. The molecule has 0 fully saturated rings. The second-order valence-electron chi connectivity index (χ2n) is 3.96. The average Bonchev–Trinajstić information content (AvgIpc) is 2.66. The third kappa shape index (κ3) is 2.06. The normalized spacial score (nSPS) is 16.2. The Hall–Kier alpha value is -1.93. The summed E-state index contributed by atoms with van der Waals surface area (Å²) in [5.41, 5.74) is 0.210. The van der Waals surface area contributed by atoms with E-state index in [1.54, 1.807) is 30.6 Å². The van der Waals surface area contributed by atoms with Gasteiger partial charge in [-0.25, -0.2) is 22.7 Å². The van der Waals surface area contributed by atoms with Gasteiger partial charge < -0.3 is 0 Å². The van der Waals surface area contributed by atoms with E-state index >= 15 is 0 Å². The largest absolute Gasteiger partial charge is 0.269 e. The Kier molecular flexibility index (Phi) is 3.19. The molecular weight excluding hydrogens is 298 g/mol. The van der Waals surface area contributed by atoms with Crippen molar-refractivity contribution < 1.29 is 13.2 Å². The van der Waals surface area contributed by atoms with Crippen LogP contribution in [0.1, 0.15) is 10.4 Å². The van der Waals surface area contributed by atoms with Crippen molar-refractivity contribution in [2.45, 2.75) is 10.1 Å². The van der Waals surface area contributed by atoms with Crippen molar-refractivity contribution in [1.29, 1.82) is 0 Å². The molecule has 2 aromatic rings. The van der Waals surface area contributed by atoms with Crippen molar-refractivity contribution in [2.24, 2.45) is 0 Å². The van der Waals surface area contributed by atoms with Gasteiger partial charge in [-0.3, -0.25) is 4.79 Å². The van der Waals surface area contributed by atoms with Crippen LogP contribution in [0.2, 0.25) is 0 Å². The van der Waals surface area contributed by atoms with E-state index in [-0.39, 0.29) is 16.3 Å². The van der Waals surface area contributed by atoms with Gasteiger partial charge in [0.25, 0.3) is 15.9 Å². The number of benzene rings is 1. The van der Waals surface area contributed by atoms with Crippen LogP contribution < -0.4 is 0 Å². The fourth-order valence-corrected chi connectivity index (χ4v) is 4.41. The van der Waals surface area contributed by atoms with Gasteiger partial charge in [-0.15, -0.1) is 0 Å². The summed E-state index contributed by atoms with van der Waals surface area (Å²) in [6.45, 7) is 0. The zero-order valence-corrected chi connectivity index (χ0v) is 11.8. The molecule has 0 unspecified atom stereocenters. The zero-order chi connectivity index (χ0) is 14.2. The third-order valence-corrected chi connectivity index (χ3v) is 5.57. The third-order valence-electron chi connectivity index (χ3n) is 2.77. The minimum Gasteiger partial charge on any atom is -0.268 e. The standard InChI is InChI=1S/C12H9N3O3S2/c16-11-9-4-1-2-5-10(9)20(17,18)15(11)8-19-12-13-6-3-7-14-12/h1-7H,8H2. The molecule has 0 spiro atoms. The summed E-state index contributed by atoms with van der Waals surface area (Å²) in [7, 11) is -3.76. The van der Waals surface area contributed by atoms with E-state index in [0.717, 1.165) is 16.1 Å². The first kappa shape index (κ1) is 13.1. The molecule has 0 saturated heterocycles. The zero-order valence-electron chi connectivity index (χ0n) is 10.1. The molecule has 20 heavy (non-hydrogen) atoms. The predicted octanol–water partition coefficient (Wildman–Crippen LogP) is 1.37. The highest BCUT2D eigenvalue weighted by atomic mass is 32.2. The molecule has 0 atom stereocenters. The van der Waals surface area contributed by atoms with E-state index in [2.05, 4.69) is 9.97 Å². The number of rotatable bonds is 3. The molecule has 1 aromatic heterocycles. The van der Waals surface area contributed by atoms with Crippen LogP contribution in [-0.4, -0.2) is 34.5 Å². The monoisotopic (exact) mass is 307 g/mol. The van der Waals surface area contributed by atoms with Gasteiger partial charge in [-0.2, -0.15) is 0 Å². The average molecular weight is 307 g/mol. The van der Waals surface area contributed by atoms with Crippen molar-refractivity contribution >= 4 is 27.7 Å². The number of sulfonamides is 1. The van der Waals surface area contributed by atoms with Gasteiger partial charge in [0.15, 0.2) is 5.16 Å². The van der Waals surface area contributed by atoms with Gasteiger partial charge in [0.2, 0.25) is 0 Å². The molecule has 2 heterocycles. The Labute approximate surface area is 119 Å². The Morgan fingerprint density at radius 1 is 1.10 bits per heavy atom. The summed E-state index contributed by atoms with van der Waals surface area (Å²) in [5, 5.41) is 0.423. The van der Waals surface area contributed by atoms with Gasteiger partial charge in [0.05, 0.1) is 11.4 Å². The summed E-state index contributed by atoms with van der Waals surface area (Å²) in [4.78, 5) is 20.1. The van der Waals surface area contributed by atoms with Crippen LogP contribution in [0, 0.1) is 0 Å². The molecule has 8 heteroatoms. The predicted molar refractivity (Wildman–Crippen MR) is 72.6 cm³/mol. The van der Waals surface area contributed by atoms with E-state index in [1.165, 1.54) is 12.1 Å². The fraction of sp³-hybridized carbons (Fsp3) is 0.0833. The number of amides is 1. The van der Waals surface area contributed by atoms with Gasteiger partial charge in [-0.1, -0.05) is 23.9 Å². The minimum atomic E-state index is -3.76. The second kappa shape index (κ2) is 4.88. The summed E-state index contributed by atoms with van der Waals surface area (Å²) < 4.78 is 25.4. The molecule has 1 amide bonds. The molecule has 1 aliphatic heterocycles. The first-order valence-corrected chi connectivity index (χ1v) is 8.09. The first-order valence-electron chi connectivity index (χ1n) is 5.66. The lowest BCUT2D eigenvalue weighted by molar-refractivity contribution is 0.0887. The molecule has 0 radical (unpaired) electrons. The summed E-state index contributed by atoms with van der Waals surface area (Å²) >= 11 is 1.10. The highest BCUT2D eigenvalue weighted by molar-refractivity contribution is 8.00. The maximum absolute atomic E-state index is 12.3. The fourth-order valence-electron chi connectivity index (χ4n) is 1.83. The minimum absolute atomic E-state index is 0.0418. The number of carbonyl (C=O) groups excluding carboxylic acids is 1. The summed E-state index contributed by atoms with van der Waals surface area (Å²) in [6.07, 6.45) is 3.12. The molecule has 0 saturated carbocycles. The summed E-state index contributed by atoms with van der Waals surface area (Å²) in [5.74, 6) is -0.552. The lowest BCUT2D eigenvalue weighted by Gasteiger charge is -2.13. The Balaban J connectivity index is 1.88. The number of nitrogens with zero attached hydrogens (tertiary/aromatic N) is 3. The van der Waals surface area contributed by atoms with E-state index in [9.17, 15) is 13.2 Å². The first-order chi connectivity index (χ1) is 9.60. The van der Waals surface area contributed by atoms with Crippen LogP contribution >= 0.6 is 11.8 Å². The lowest BCUT2D eigenvalue weighted by atomic mass is 10.2. The number of thioether (sulfide) groups is 1. The number of fused-ring (bicyclic) bond motifs is 1. The van der Waals surface area contributed by atoms with E-state index in [0.29, 0.717) is 5.16 Å². The molecule has 1 aromatic carbocycles. The van der Waals surface area contributed by atoms with Gasteiger partial charge in [-0.05, 0) is 18.2 Å². The SMILES string of the molecule is O=C1c2ccccc2S(=O)(=O)N1CSc1ncccn1. The molecule has 0 N–H and O–H groups in total. The number of hydrogen-bond donors (Lipinski definition) is 0. The van der Waals surface area contributed by atoms with Gasteiger partial charge in [0.1, 0.15) is 4.90 Å². The highest BCUT2D eigenvalue weighted by Crippen LogP contribution is 2.31. The van der Waals surface area contributed by atoms with Crippen LogP contribution in [0.25, 0.3) is 0 Å². The molecule has 6 nitrogen and oxygen atoms in total. The van der Waals surface area contributed by atoms with Crippen molar-refractivity contribution in [3.63, 3.8) is 0 Å². The topological polar surface area (TPSA) is 80.2 Å². The maximum Gasteiger partial charge on any atom is 0.269 e. The second-order valence-corrected chi connectivity index (χ2v) is 6.70. The van der Waals surface area contributed by atoms with Crippen LogP contribution in [0.4, 0.5) is 0 Å². The smallest absolute Gasteiger partial charge is 0.268 e. The molecular formula is C12H9N3O3S2. The van der Waals surface area contributed by atoms with Crippen molar-refractivity contribution in [3.8, 4) is 0 Å². The number of aromatic nitrogens is 2. The van der Waals surface area contributed by atoms with Gasteiger partial charge >= 0.3 is 0 Å².